The number of pyridine rings is 1. The number of carboxylic acids is 1. The van der Waals surface area contributed by atoms with E-state index in [0.29, 0.717) is 0 Å². The van der Waals surface area contributed by atoms with E-state index >= 15 is 0 Å². The Morgan fingerprint density at radius 2 is 2.25 bits per heavy atom. The lowest BCUT2D eigenvalue weighted by Crippen LogP contribution is -2.26. The van der Waals surface area contributed by atoms with E-state index in [1.165, 1.54) is 10.8 Å². The van der Waals surface area contributed by atoms with Crippen LogP contribution in [0, 0.1) is 5.82 Å². The molecule has 0 fully saturated rings. The second-order valence-corrected chi connectivity index (χ2v) is 4.68. The highest BCUT2D eigenvalue weighted by atomic mass is 19.1. The van der Waals surface area contributed by atoms with Crippen molar-refractivity contribution in [1.82, 2.24) is 4.57 Å². The molecule has 20 heavy (non-hydrogen) atoms. The Kier molecular flexibility index (Phi) is 2.47. The Morgan fingerprint density at radius 1 is 1.55 bits per heavy atom. The van der Waals surface area contributed by atoms with Crippen molar-refractivity contribution in [2.24, 2.45) is 0 Å². The number of rotatable bonds is 1. The minimum Gasteiger partial charge on any atom is -0.502 e. The van der Waals surface area contributed by atoms with Gasteiger partial charge >= 0.3 is 5.97 Å². The molecular formula is C13H10FNO5. The predicted octanol–water partition coefficient (Wildman–Crippen LogP) is 1.50. The highest BCUT2D eigenvalue weighted by molar-refractivity contribution is 5.95. The summed E-state index contributed by atoms with van der Waals surface area (Å²) in [6.45, 7) is 1.90. The lowest BCUT2D eigenvalue weighted by atomic mass is 10.1. The van der Waals surface area contributed by atoms with Gasteiger partial charge in [0.15, 0.2) is 17.3 Å². The first-order valence-electron chi connectivity index (χ1n) is 5.88. The third kappa shape index (κ3) is 1.49. The predicted molar refractivity (Wildman–Crippen MR) is 67.0 cm³/mol. The summed E-state index contributed by atoms with van der Waals surface area (Å²) in [5, 5.41) is 18.6. The summed E-state index contributed by atoms with van der Waals surface area (Å²) < 4.78 is 20.4. The summed E-state index contributed by atoms with van der Waals surface area (Å²) in [4.78, 5) is 23.2. The van der Waals surface area contributed by atoms with Crippen LogP contribution in [0.5, 0.6) is 11.5 Å². The van der Waals surface area contributed by atoms with E-state index in [0.717, 1.165) is 6.07 Å². The van der Waals surface area contributed by atoms with Crippen LogP contribution in [0.1, 0.15) is 23.3 Å². The lowest BCUT2D eigenvalue weighted by Gasteiger charge is -2.27. The van der Waals surface area contributed by atoms with Crippen molar-refractivity contribution in [2.45, 2.75) is 13.0 Å². The number of hydrogen-bond donors (Lipinski definition) is 2. The Bertz CT molecular complexity index is 811. The van der Waals surface area contributed by atoms with E-state index in [9.17, 15) is 19.1 Å². The number of nitrogens with zero attached hydrogens (tertiary/aromatic N) is 1. The third-order valence-electron chi connectivity index (χ3n) is 3.37. The average molecular weight is 279 g/mol. The quantitative estimate of drug-likeness (QED) is 0.825. The van der Waals surface area contributed by atoms with Gasteiger partial charge in [0.2, 0.25) is 5.43 Å². The fourth-order valence-electron chi connectivity index (χ4n) is 2.36. The number of aromatic carboxylic acids is 1. The molecule has 0 aliphatic carbocycles. The summed E-state index contributed by atoms with van der Waals surface area (Å²) in [6, 6.07) is 0.592. The fraction of sp³-hybridized carbons (Fsp3) is 0.231. The Labute approximate surface area is 111 Å². The number of ether oxygens (including phenoxy) is 1. The van der Waals surface area contributed by atoms with Crippen LogP contribution in [0.2, 0.25) is 0 Å². The molecule has 1 atom stereocenters. The molecule has 0 saturated carbocycles. The van der Waals surface area contributed by atoms with Crippen LogP contribution in [0.25, 0.3) is 10.9 Å². The van der Waals surface area contributed by atoms with Crippen LogP contribution < -0.4 is 10.2 Å². The molecule has 0 amide bonds. The Morgan fingerprint density at radius 3 is 2.90 bits per heavy atom. The molecule has 0 bridgehead atoms. The molecule has 104 valence electrons. The van der Waals surface area contributed by atoms with Crippen molar-refractivity contribution >= 4 is 16.9 Å². The molecule has 3 rings (SSSR count). The van der Waals surface area contributed by atoms with Crippen LogP contribution in [-0.4, -0.2) is 27.4 Å². The summed E-state index contributed by atoms with van der Waals surface area (Å²) in [5.74, 6) is -3.21. The SMILES string of the molecule is CC1COc2c(O)c(F)cc3c(=O)c(C(=O)O)cn1c23. The molecular weight excluding hydrogens is 269 g/mol. The third-order valence-corrected chi connectivity index (χ3v) is 3.37. The first-order valence-corrected chi connectivity index (χ1v) is 5.88. The zero-order valence-electron chi connectivity index (χ0n) is 10.4. The Balaban J connectivity index is 2.57. The van der Waals surface area contributed by atoms with Gasteiger partial charge in [0.25, 0.3) is 0 Å². The minimum atomic E-state index is -1.38. The van der Waals surface area contributed by atoms with Crippen LogP contribution in [0.3, 0.4) is 0 Å². The van der Waals surface area contributed by atoms with Crippen molar-refractivity contribution in [1.29, 1.82) is 0 Å². The molecule has 6 nitrogen and oxygen atoms in total. The molecule has 1 aliphatic rings. The standard InChI is InChI=1S/C13H10FNO5/c1-5-4-20-12-9-6(2-8(14)11(12)17)10(16)7(13(18)19)3-15(5)9/h2-3,5,17H,4H2,1H3,(H,18,19). The number of halogens is 1. The van der Waals surface area contributed by atoms with E-state index < -0.39 is 28.5 Å². The molecule has 1 aromatic heterocycles. The number of carboxylic acid groups (broad SMARTS) is 1. The highest BCUT2D eigenvalue weighted by Gasteiger charge is 2.27. The molecule has 1 unspecified atom stereocenters. The van der Waals surface area contributed by atoms with E-state index in [1.807, 2.05) is 0 Å². The summed E-state index contributed by atoms with van der Waals surface area (Å²) in [7, 11) is 0. The van der Waals surface area contributed by atoms with Crippen molar-refractivity contribution in [3.63, 3.8) is 0 Å². The van der Waals surface area contributed by atoms with Gasteiger partial charge in [-0.3, -0.25) is 4.79 Å². The normalized spacial score (nSPS) is 17.0. The van der Waals surface area contributed by atoms with Crippen molar-refractivity contribution < 1.29 is 24.1 Å². The topological polar surface area (TPSA) is 88.8 Å². The molecule has 0 radical (unpaired) electrons. The van der Waals surface area contributed by atoms with Crippen LogP contribution in [-0.2, 0) is 0 Å². The van der Waals surface area contributed by atoms with Gasteiger partial charge in [-0.25, -0.2) is 9.18 Å². The fourth-order valence-corrected chi connectivity index (χ4v) is 2.36. The lowest BCUT2D eigenvalue weighted by molar-refractivity contribution is 0.0694. The van der Waals surface area contributed by atoms with Gasteiger partial charge in [0, 0.05) is 6.20 Å². The molecule has 1 aliphatic heterocycles. The van der Waals surface area contributed by atoms with Gasteiger partial charge in [-0.1, -0.05) is 0 Å². The number of aromatic hydroxyl groups is 1. The average Bonchev–Trinajstić information content (AvgIpc) is 2.39. The van der Waals surface area contributed by atoms with Crippen molar-refractivity contribution in [3.8, 4) is 11.5 Å². The van der Waals surface area contributed by atoms with Gasteiger partial charge in [-0.05, 0) is 13.0 Å². The van der Waals surface area contributed by atoms with E-state index in [4.69, 9.17) is 9.84 Å². The smallest absolute Gasteiger partial charge is 0.341 e. The molecule has 2 heterocycles. The minimum absolute atomic E-state index is 0.123. The number of benzene rings is 1. The number of phenolic OH excluding ortho intramolecular Hbond substituents is 1. The monoisotopic (exact) mass is 279 g/mol. The summed E-state index contributed by atoms with van der Waals surface area (Å²) in [6.07, 6.45) is 1.20. The van der Waals surface area contributed by atoms with E-state index in [-0.39, 0.29) is 29.3 Å². The summed E-state index contributed by atoms with van der Waals surface area (Å²) >= 11 is 0. The molecule has 7 heteroatoms. The number of phenols is 1. The molecule has 0 spiro atoms. The van der Waals surface area contributed by atoms with Crippen LogP contribution in [0.4, 0.5) is 4.39 Å². The molecule has 2 aromatic rings. The van der Waals surface area contributed by atoms with Gasteiger partial charge in [0.05, 0.1) is 16.9 Å². The van der Waals surface area contributed by atoms with Gasteiger partial charge in [-0.2, -0.15) is 0 Å². The highest BCUT2D eigenvalue weighted by Crippen LogP contribution is 2.40. The van der Waals surface area contributed by atoms with Gasteiger partial charge in [-0.15, -0.1) is 0 Å². The first kappa shape index (κ1) is 12.5. The zero-order chi connectivity index (χ0) is 14.6. The summed E-state index contributed by atoms with van der Waals surface area (Å²) in [5.41, 5.74) is -1.04. The maximum absolute atomic E-state index is 13.6. The molecule has 0 saturated heterocycles. The van der Waals surface area contributed by atoms with E-state index in [2.05, 4.69) is 0 Å². The second kappa shape index (κ2) is 3.96. The molecule has 1 aromatic carbocycles. The van der Waals surface area contributed by atoms with Gasteiger partial charge < -0.3 is 19.5 Å². The van der Waals surface area contributed by atoms with E-state index in [1.54, 1.807) is 6.92 Å². The number of aromatic nitrogens is 1. The largest absolute Gasteiger partial charge is 0.502 e. The number of carbonyl (C=O) groups is 1. The molecule has 2 N–H and O–H groups in total. The maximum atomic E-state index is 13.6. The zero-order valence-corrected chi connectivity index (χ0v) is 10.4. The Hall–Kier alpha value is -2.57. The van der Waals surface area contributed by atoms with Crippen LogP contribution in [0.15, 0.2) is 17.1 Å². The maximum Gasteiger partial charge on any atom is 0.341 e. The van der Waals surface area contributed by atoms with Gasteiger partial charge in [0.1, 0.15) is 12.2 Å². The first-order chi connectivity index (χ1) is 9.41. The van der Waals surface area contributed by atoms with Crippen molar-refractivity contribution in [3.05, 3.63) is 33.9 Å². The second-order valence-electron chi connectivity index (χ2n) is 4.68. The number of hydrogen-bond acceptors (Lipinski definition) is 4. The van der Waals surface area contributed by atoms with Crippen LogP contribution >= 0.6 is 0 Å². The van der Waals surface area contributed by atoms with Crippen molar-refractivity contribution in [2.75, 3.05) is 6.61 Å².